The van der Waals surface area contributed by atoms with Crippen LogP contribution in [0.1, 0.15) is 31.8 Å². The molecule has 0 spiro atoms. The number of rotatable bonds is 3. The first-order valence-corrected chi connectivity index (χ1v) is 8.96. The molecule has 1 fully saturated rings. The number of likely N-dealkylation sites (N-methyl/N-ethyl adjacent to an activating group) is 1. The van der Waals surface area contributed by atoms with Crippen LogP contribution in [-0.4, -0.2) is 63.9 Å². The fraction of sp³-hybridized carbons (Fsp3) is 0.333. The summed E-state index contributed by atoms with van der Waals surface area (Å²) in [5, 5.41) is 0. The van der Waals surface area contributed by atoms with Crippen molar-refractivity contribution in [3.63, 3.8) is 0 Å². The minimum Gasteiger partial charge on any atom is -0.497 e. The van der Waals surface area contributed by atoms with Gasteiger partial charge >= 0.3 is 0 Å². The molecule has 0 unspecified atom stereocenters. The van der Waals surface area contributed by atoms with Crippen molar-refractivity contribution in [2.45, 2.75) is 0 Å². The molecule has 1 heterocycles. The van der Waals surface area contributed by atoms with Crippen molar-refractivity contribution in [1.29, 1.82) is 0 Å². The molecule has 1 saturated heterocycles. The van der Waals surface area contributed by atoms with Crippen LogP contribution in [0.15, 0.2) is 30.3 Å². The van der Waals surface area contributed by atoms with Gasteiger partial charge in [0.05, 0.1) is 19.8 Å². The second-order valence-electron chi connectivity index (χ2n) is 6.93. The summed E-state index contributed by atoms with van der Waals surface area (Å²) in [7, 11) is 5.11. The van der Waals surface area contributed by atoms with E-state index >= 15 is 0 Å². The molecular weight excluding hydrogens is 344 g/mol. The van der Waals surface area contributed by atoms with E-state index in [1.54, 1.807) is 18.2 Å². The van der Waals surface area contributed by atoms with Gasteiger partial charge in [0.2, 0.25) is 0 Å². The number of carbonyl (C=O) groups is 2. The van der Waals surface area contributed by atoms with Crippen molar-refractivity contribution in [2.75, 3.05) is 52.3 Å². The Morgan fingerprint density at radius 1 is 0.815 bits per heavy atom. The Kier molecular flexibility index (Phi) is 4.36. The average molecular weight is 366 g/mol. The molecule has 0 amide bonds. The Morgan fingerprint density at radius 2 is 1.56 bits per heavy atom. The topological polar surface area (TPSA) is 59.1 Å². The third-order valence-electron chi connectivity index (χ3n) is 5.36. The van der Waals surface area contributed by atoms with E-state index in [0.717, 1.165) is 31.9 Å². The molecule has 0 bridgehead atoms. The van der Waals surface area contributed by atoms with Crippen molar-refractivity contribution in [3.8, 4) is 11.5 Å². The highest BCUT2D eigenvalue weighted by Gasteiger charge is 2.33. The van der Waals surface area contributed by atoms with Crippen molar-refractivity contribution in [3.05, 3.63) is 52.6 Å². The molecule has 140 valence electrons. The van der Waals surface area contributed by atoms with Gasteiger partial charge in [-0.1, -0.05) is 0 Å². The number of ketones is 2. The van der Waals surface area contributed by atoms with Crippen LogP contribution in [-0.2, 0) is 0 Å². The number of methoxy groups -OCH3 is 2. The van der Waals surface area contributed by atoms with Crippen LogP contribution >= 0.6 is 0 Å². The summed E-state index contributed by atoms with van der Waals surface area (Å²) in [6, 6.07) is 8.78. The number of anilines is 1. The van der Waals surface area contributed by atoms with Gasteiger partial charge in [-0.2, -0.15) is 0 Å². The summed E-state index contributed by atoms with van der Waals surface area (Å²) in [6.45, 7) is 3.74. The number of carbonyl (C=O) groups excluding carboxylic acids is 2. The lowest BCUT2D eigenvalue weighted by molar-refractivity contribution is 0.0976. The zero-order valence-electron chi connectivity index (χ0n) is 15.7. The van der Waals surface area contributed by atoms with E-state index in [0.29, 0.717) is 33.8 Å². The predicted molar refractivity (Wildman–Crippen MR) is 103 cm³/mol. The summed E-state index contributed by atoms with van der Waals surface area (Å²) in [5.41, 5.74) is 2.48. The van der Waals surface area contributed by atoms with Gasteiger partial charge in [0.1, 0.15) is 11.5 Å². The first-order valence-electron chi connectivity index (χ1n) is 8.96. The molecule has 1 aliphatic carbocycles. The van der Waals surface area contributed by atoms with Gasteiger partial charge in [0.25, 0.3) is 0 Å². The van der Waals surface area contributed by atoms with E-state index in [4.69, 9.17) is 9.47 Å². The van der Waals surface area contributed by atoms with E-state index in [-0.39, 0.29) is 11.6 Å². The molecule has 4 rings (SSSR count). The summed E-state index contributed by atoms with van der Waals surface area (Å²) in [6.07, 6.45) is 0. The standard InChI is InChI=1S/C21H22N2O4/c1-22-6-8-23(9-7-22)13-4-5-15-16(10-13)20(24)17-11-14(26-2)12-18(27-3)19(17)21(15)25/h4-5,10-12H,6-9H2,1-3H3. The zero-order chi connectivity index (χ0) is 19.1. The van der Waals surface area contributed by atoms with Crippen LogP contribution in [0.2, 0.25) is 0 Å². The molecule has 6 nitrogen and oxygen atoms in total. The maximum Gasteiger partial charge on any atom is 0.198 e. The first-order chi connectivity index (χ1) is 13.0. The Labute approximate surface area is 158 Å². The van der Waals surface area contributed by atoms with Crippen LogP contribution in [0.5, 0.6) is 11.5 Å². The number of fused-ring (bicyclic) bond motifs is 2. The normalized spacial score (nSPS) is 16.8. The molecule has 0 N–H and O–H groups in total. The fourth-order valence-electron chi connectivity index (χ4n) is 3.74. The number of hydrogen-bond acceptors (Lipinski definition) is 6. The summed E-state index contributed by atoms with van der Waals surface area (Å²) in [5.74, 6) is 0.485. The molecule has 0 aromatic heterocycles. The monoisotopic (exact) mass is 366 g/mol. The highest BCUT2D eigenvalue weighted by molar-refractivity contribution is 6.29. The number of ether oxygens (including phenoxy) is 2. The summed E-state index contributed by atoms with van der Waals surface area (Å²) in [4.78, 5) is 30.8. The van der Waals surface area contributed by atoms with Crippen molar-refractivity contribution < 1.29 is 19.1 Å². The molecule has 0 saturated carbocycles. The van der Waals surface area contributed by atoms with Crippen LogP contribution in [0.25, 0.3) is 0 Å². The lowest BCUT2D eigenvalue weighted by Gasteiger charge is -2.34. The number of nitrogens with zero attached hydrogens (tertiary/aromatic N) is 2. The predicted octanol–water partition coefficient (Wildman–Crippen LogP) is 2.23. The minimum absolute atomic E-state index is 0.173. The minimum atomic E-state index is -0.191. The molecule has 2 aromatic rings. The smallest absolute Gasteiger partial charge is 0.198 e. The van der Waals surface area contributed by atoms with Crippen molar-refractivity contribution >= 4 is 17.3 Å². The van der Waals surface area contributed by atoms with Crippen LogP contribution in [0, 0.1) is 0 Å². The van der Waals surface area contributed by atoms with Crippen LogP contribution in [0.4, 0.5) is 5.69 Å². The maximum absolute atomic E-state index is 13.2. The third kappa shape index (κ3) is 2.86. The van der Waals surface area contributed by atoms with E-state index in [9.17, 15) is 9.59 Å². The van der Waals surface area contributed by atoms with Crippen molar-refractivity contribution in [2.24, 2.45) is 0 Å². The molecule has 0 atom stereocenters. The van der Waals surface area contributed by atoms with Gasteiger partial charge < -0.3 is 19.3 Å². The van der Waals surface area contributed by atoms with E-state index in [1.165, 1.54) is 14.2 Å². The highest BCUT2D eigenvalue weighted by atomic mass is 16.5. The van der Waals surface area contributed by atoms with Gasteiger partial charge in [-0.3, -0.25) is 9.59 Å². The average Bonchev–Trinajstić information content (AvgIpc) is 2.71. The molecule has 0 radical (unpaired) electrons. The molecular formula is C21H22N2O4. The third-order valence-corrected chi connectivity index (χ3v) is 5.36. The molecule has 6 heteroatoms. The van der Waals surface area contributed by atoms with Gasteiger partial charge in [0, 0.05) is 54.6 Å². The Hall–Kier alpha value is -2.86. The van der Waals surface area contributed by atoms with E-state index < -0.39 is 0 Å². The lowest BCUT2D eigenvalue weighted by Crippen LogP contribution is -2.44. The first kappa shape index (κ1) is 17.5. The Bertz CT molecular complexity index is 930. The zero-order valence-corrected chi connectivity index (χ0v) is 15.7. The quantitative estimate of drug-likeness (QED) is 0.709. The van der Waals surface area contributed by atoms with E-state index in [1.807, 2.05) is 12.1 Å². The number of hydrogen-bond donors (Lipinski definition) is 0. The summed E-state index contributed by atoms with van der Waals surface area (Å²) >= 11 is 0. The Morgan fingerprint density at radius 3 is 2.22 bits per heavy atom. The van der Waals surface area contributed by atoms with Crippen LogP contribution in [0.3, 0.4) is 0 Å². The second kappa shape index (κ2) is 6.70. The second-order valence-corrected chi connectivity index (χ2v) is 6.93. The van der Waals surface area contributed by atoms with Gasteiger partial charge in [0.15, 0.2) is 11.6 Å². The highest BCUT2D eigenvalue weighted by Crippen LogP contribution is 2.37. The van der Waals surface area contributed by atoms with Crippen LogP contribution < -0.4 is 14.4 Å². The van der Waals surface area contributed by atoms with E-state index in [2.05, 4.69) is 16.8 Å². The number of benzene rings is 2. The van der Waals surface area contributed by atoms with Crippen molar-refractivity contribution in [1.82, 2.24) is 4.90 Å². The largest absolute Gasteiger partial charge is 0.497 e. The summed E-state index contributed by atoms with van der Waals surface area (Å²) < 4.78 is 10.6. The maximum atomic E-state index is 13.2. The fourth-order valence-corrected chi connectivity index (χ4v) is 3.74. The Balaban J connectivity index is 1.79. The van der Waals surface area contributed by atoms with Gasteiger partial charge in [-0.05, 0) is 31.3 Å². The van der Waals surface area contributed by atoms with Gasteiger partial charge in [-0.25, -0.2) is 0 Å². The van der Waals surface area contributed by atoms with Gasteiger partial charge in [-0.15, -0.1) is 0 Å². The molecule has 2 aromatic carbocycles. The SMILES string of the molecule is COc1cc(OC)c2c(c1)C(=O)c1cc(N3CCN(C)CC3)ccc1C2=O. The number of piperazine rings is 1. The lowest BCUT2D eigenvalue weighted by atomic mass is 9.83. The molecule has 1 aliphatic heterocycles. The molecule has 27 heavy (non-hydrogen) atoms. The molecule has 2 aliphatic rings.